The van der Waals surface area contributed by atoms with Gasteiger partial charge in [0.1, 0.15) is 5.82 Å². The van der Waals surface area contributed by atoms with E-state index in [0.717, 1.165) is 5.56 Å². The molecule has 4 heteroatoms. The fraction of sp³-hybridized carbons (Fsp3) is 0.533. The van der Waals surface area contributed by atoms with Crippen molar-refractivity contribution in [2.24, 2.45) is 0 Å². The van der Waals surface area contributed by atoms with E-state index in [1.165, 1.54) is 19.1 Å². The van der Waals surface area contributed by atoms with Crippen LogP contribution in [0.5, 0.6) is 0 Å². The van der Waals surface area contributed by atoms with Gasteiger partial charge in [-0.1, -0.05) is 26.8 Å². The summed E-state index contributed by atoms with van der Waals surface area (Å²) < 4.78 is 19.3. The molecule has 0 saturated carbocycles. The van der Waals surface area contributed by atoms with E-state index in [0.29, 0.717) is 12.2 Å². The Morgan fingerprint density at radius 1 is 1.32 bits per heavy atom. The van der Waals surface area contributed by atoms with Crippen LogP contribution in [0.1, 0.15) is 43.6 Å². The Bertz CT molecular complexity index is 476. The number of carbonyl (C=O) groups excluding carboxylic acids is 1. The molecule has 1 rings (SSSR count). The molecule has 0 bridgehead atoms. The predicted octanol–water partition coefficient (Wildman–Crippen LogP) is 4.55. The van der Waals surface area contributed by atoms with Gasteiger partial charge in [-0.3, -0.25) is 4.79 Å². The summed E-state index contributed by atoms with van der Waals surface area (Å²) in [5, 5.41) is 0.115. The second kappa shape index (κ2) is 5.55. The highest BCUT2D eigenvalue weighted by molar-refractivity contribution is 6.74. The lowest BCUT2D eigenvalue weighted by atomic mass is 10.1. The highest BCUT2D eigenvalue weighted by Gasteiger charge is 2.37. The monoisotopic (exact) mass is 282 g/mol. The summed E-state index contributed by atoms with van der Waals surface area (Å²) in [6.45, 7) is 12.6. The van der Waals surface area contributed by atoms with Crippen molar-refractivity contribution in [3.8, 4) is 0 Å². The lowest BCUT2D eigenvalue weighted by Crippen LogP contribution is -2.40. The van der Waals surface area contributed by atoms with Crippen LogP contribution < -0.4 is 0 Å². The van der Waals surface area contributed by atoms with Crippen molar-refractivity contribution in [1.29, 1.82) is 0 Å². The van der Waals surface area contributed by atoms with Gasteiger partial charge in [-0.05, 0) is 42.8 Å². The van der Waals surface area contributed by atoms with E-state index in [4.69, 9.17) is 4.43 Å². The molecule has 0 saturated heterocycles. The SMILES string of the molecule is CC(=O)c1cc(F)ccc1CO[Si](C)(C)C(C)(C)C. The van der Waals surface area contributed by atoms with Gasteiger partial charge < -0.3 is 4.43 Å². The molecule has 106 valence electrons. The Hall–Kier alpha value is -1.00. The van der Waals surface area contributed by atoms with E-state index in [2.05, 4.69) is 33.9 Å². The zero-order chi connectivity index (χ0) is 14.8. The lowest BCUT2D eigenvalue weighted by Gasteiger charge is -2.36. The van der Waals surface area contributed by atoms with E-state index in [1.807, 2.05) is 0 Å². The molecule has 0 N–H and O–H groups in total. The van der Waals surface area contributed by atoms with Crippen LogP contribution in [-0.2, 0) is 11.0 Å². The summed E-state index contributed by atoms with van der Waals surface area (Å²) in [5.74, 6) is -0.519. The van der Waals surface area contributed by atoms with Gasteiger partial charge in [0, 0.05) is 5.56 Å². The molecule has 1 aromatic rings. The van der Waals surface area contributed by atoms with Crippen molar-refractivity contribution in [3.05, 3.63) is 35.1 Å². The van der Waals surface area contributed by atoms with Crippen LogP contribution in [0.2, 0.25) is 18.1 Å². The maximum absolute atomic E-state index is 13.2. The highest BCUT2D eigenvalue weighted by atomic mass is 28.4. The van der Waals surface area contributed by atoms with E-state index in [9.17, 15) is 9.18 Å². The minimum absolute atomic E-state index is 0.115. The molecule has 0 aliphatic rings. The second-order valence-corrected chi connectivity index (χ2v) is 11.2. The quantitative estimate of drug-likeness (QED) is 0.598. The maximum Gasteiger partial charge on any atom is 0.192 e. The summed E-state index contributed by atoms with van der Waals surface area (Å²) in [6.07, 6.45) is 0. The number of ketones is 1. The summed E-state index contributed by atoms with van der Waals surface area (Å²) >= 11 is 0. The van der Waals surface area contributed by atoms with Crippen molar-refractivity contribution in [2.45, 2.75) is 52.4 Å². The van der Waals surface area contributed by atoms with Crippen molar-refractivity contribution in [3.63, 3.8) is 0 Å². The number of hydrogen-bond acceptors (Lipinski definition) is 2. The van der Waals surface area contributed by atoms with Crippen LogP contribution in [0.15, 0.2) is 18.2 Å². The summed E-state index contributed by atoms with van der Waals surface area (Å²) in [6, 6.07) is 4.29. The number of hydrogen-bond donors (Lipinski definition) is 0. The predicted molar refractivity (Wildman–Crippen MR) is 78.4 cm³/mol. The number of carbonyl (C=O) groups is 1. The average Bonchev–Trinajstić information content (AvgIpc) is 2.25. The third kappa shape index (κ3) is 3.98. The van der Waals surface area contributed by atoms with E-state index >= 15 is 0 Å². The molecule has 0 unspecified atom stereocenters. The molecular formula is C15H23FO2Si. The van der Waals surface area contributed by atoms with Gasteiger partial charge in [-0.25, -0.2) is 4.39 Å². The summed E-state index contributed by atoms with van der Waals surface area (Å²) in [5.41, 5.74) is 1.18. The van der Waals surface area contributed by atoms with Crippen LogP contribution >= 0.6 is 0 Å². The minimum Gasteiger partial charge on any atom is -0.413 e. The van der Waals surface area contributed by atoms with E-state index < -0.39 is 8.32 Å². The van der Waals surface area contributed by atoms with Crippen LogP contribution in [0.4, 0.5) is 4.39 Å². The first-order valence-electron chi connectivity index (χ1n) is 6.48. The van der Waals surface area contributed by atoms with Gasteiger partial charge in [0.25, 0.3) is 0 Å². The van der Waals surface area contributed by atoms with Gasteiger partial charge in [0.2, 0.25) is 0 Å². The highest BCUT2D eigenvalue weighted by Crippen LogP contribution is 2.37. The lowest BCUT2D eigenvalue weighted by molar-refractivity contribution is 0.101. The summed E-state index contributed by atoms with van der Waals surface area (Å²) in [4.78, 5) is 11.5. The minimum atomic E-state index is -1.86. The second-order valence-electron chi connectivity index (χ2n) is 6.41. The Labute approximate surface area is 116 Å². The van der Waals surface area contributed by atoms with E-state index in [-0.39, 0.29) is 16.6 Å². The average molecular weight is 282 g/mol. The number of benzene rings is 1. The molecular weight excluding hydrogens is 259 g/mol. The molecule has 0 atom stereocenters. The molecule has 0 amide bonds. The molecule has 2 nitrogen and oxygen atoms in total. The van der Waals surface area contributed by atoms with Crippen LogP contribution in [-0.4, -0.2) is 14.1 Å². The zero-order valence-corrected chi connectivity index (χ0v) is 13.6. The van der Waals surface area contributed by atoms with Crippen LogP contribution in [0.3, 0.4) is 0 Å². The molecule has 0 aromatic heterocycles. The molecule has 0 aliphatic heterocycles. The van der Waals surface area contributed by atoms with Crippen molar-refractivity contribution in [2.75, 3.05) is 0 Å². The molecule has 0 aliphatic carbocycles. The van der Waals surface area contributed by atoms with Crippen molar-refractivity contribution < 1.29 is 13.6 Å². The number of rotatable bonds is 4. The molecule has 19 heavy (non-hydrogen) atoms. The fourth-order valence-electron chi connectivity index (χ4n) is 1.48. The maximum atomic E-state index is 13.2. The zero-order valence-electron chi connectivity index (χ0n) is 12.6. The first kappa shape index (κ1) is 16.1. The largest absolute Gasteiger partial charge is 0.413 e. The Balaban J connectivity index is 2.93. The van der Waals surface area contributed by atoms with Crippen molar-refractivity contribution >= 4 is 14.1 Å². The van der Waals surface area contributed by atoms with Gasteiger partial charge in [0.05, 0.1) is 6.61 Å². The molecule has 1 aromatic carbocycles. The smallest absolute Gasteiger partial charge is 0.192 e. The first-order chi connectivity index (χ1) is 8.54. The summed E-state index contributed by atoms with van der Waals surface area (Å²) in [7, 11) is -1.86. The third-order valence-electron chi connectivity index (χ3n) is 3.85. The van der Waals surface area contributed by atoms with Crippen LogP contribution in [0, 0.1) is 5.82 Å². The fourth-order valence-corrected chi connectivity index (χ4v) is 2.43. The molecule has 0 spiro atoms. The van der Waals surface area contributed by atoms with Gasteiger partial charge in [-0.2, -0.15) is 0 Å². The van der Waals surface area contributed by atoms with E-state index in [1.54, 1.807) is 6.07 Å². The Kier molecular flexibility index (Phi) is 4.69. The molecule has 0 radical (unpaired) electrons. The number of halogens is 1. The molecule has 0 heterocycles. The normalized spacial score (nSPS) is 12.6. The third-order valence-corrected chi connectivity index (χ3v) is 8.32. The topological polar surface area (TPSA) is 26.3 Å². The van der Waals surface area contributed by atoms with Crippen molar-refractivity contribution in [1.82, 2.24) is 0 Å². The molecule has 0 fully saturated rings. The van der Waals surface area contributed by atoms with Gasteiger partial charge >= 0.3 is 0 Å². The van der Waals surface area contributed by atoms with Crippen LogP contribution in [0.25, 0.3) is 0 Å². The van der Waals surface area contributed by atoms with Gasteiger partial charge in [0.15, 0.2) is 14.1 Å². The standard InChI is InChI=1S/C15H23FO2Si/c1-11(17)14-9-13(16)8-7-12(14)10-18-19(5,6)15(2,3)4/h7-9H,10H2,1-6H3. The Morgan fingerprint density at radius 3 is 2.37 bits per heavy atom. The van der Waals surface area contributed by atoms with Gasteiger partial charge in [-0.15, -0.1) is 0 Å². The number of Topliss-reactive ketones (excluding diaryl/α,β-unsaturated/α-hetero) is 1. The first-order valence-corrected chi connectivity index (χ1v) is 9.39. The Morgan fingerprint density at radius 2 is 1.89 bits per heavy atom.